The maximum atomic E-state index is 11.9. The fourth-order valence-corrected chi connectivity index (χ4v) is 3.77. The summed E-state index contributed by atoms with van der Waals surface area (Å²) in [5, 5.41) is 4.84. The van der Waals surface area contributed by atoms with Crippen molar-refractivity contribution in [3.63, 3.8) is 0 Å². The lowest BCUT2D eigenvalue weighted by molar-refractivity contribution is 0.470. The van der Waals surface area contributed by atoms with Gasteiger partial charge in [-0.15, -0.1) is 11.3 Å². The number of thiophene rings is 1. The monoisotopic (exact) mass is 280 g/mol. The zero-order chi connectivity index (χ0) is 12.7. The van der Waals surface area contributed by atoms with Gasteiger partial charge in [-0.25, -0.2) is 13.1 Å². The lowest BCUT2D eigenvalue weighted by atomic mass is 10.4. The number of rotatable bonds is 8. The number of sulfonamides is 1. The number of hydrogen-bond acceptors (Lipinski definition) is 4. The topological polar surface area (TPSA) is 58.2 Å². The lowest BCUT2D eigenvalue weighted by Gasteiger charge is -2.07. The second kappa shape index (κ2) is 7.05. The normalized spacial score (nSPS) is 11.9. The summed E-state index contributed by atoms with van der Waals surface area (Å²) < 4.78 is 38.1. The molecule has 0 aliphatic heterocycles. The fraction of sp³-hybridized carbons (Fsp3) is 0.600. The smallest absolute Gasteiger partial charge is 0.241 e. The van der Waals surface area contributed by atoms with E-state index in [0.717, 1.165) is 11.4 Å². The highest BCUT2D eigenvalue weighted by molar-refractivity contribution is 7.89. The van der Waals surface area contributed by atoms with Crippen molar-refractivity contribution in [2.75, 3.05) is 19.8 Å². The van der Waals surface area contributed by atoms with Gasteiger partial charge in [-0.2, -0.15) is 0 Å². The number of alkyl halides is 1. The summed E-state index contributed by atoms with van der Waals surface area (Å²) in [7, 11) is -3.50. The van der Waals surface area contributed by atoms with Gasteiger partial charge in [0.05, 0.1) is 11.6 Å². The van der Waals surface area contributed by atoms with Crippen LogP contribution in [0.4, 0.5) is 4.39 Å². The molecule has 1 aromatic rings. The van der Waals surface area contributed by atoms with Crippen LogP contribution in [0.1, 0.15) is 18.2 Å². The Morgan fingerprint density at radius 3 is 2.88 bits per heavy atom. The van der Waals surface area contributed by atoms with Crippen molar-refractivity contribution in [3.05, 3.63) is 16.3 Å². The van der Waals surface area contributed by atoms with Crippen molar-refractivity contribution in [1.82, 2.24) is 10.0 Å². The van der Waals surface area contributed by atoms with Crippen molar-refractivity contribution >= 4 is 21.4 Å². The third-order valence-electron chi connectivity index (χ3n) is 2.13. The quantitative estimate of drug-likeness (QED) is 0.709. The van der Waals surface area contributed by atoms with Crippen molar-refractivity contribution in [2.45, 2.75) is 24.8 Å². The largest absolute Gasteiger partial charge is 0.312 e. The highest BCUT2D eigenvalue weighted by atomic mass is 32.2. The van der Waals surface area contributed by atoms with Gasteiger partial charge in [0, 0.05) is 18.0 Å². The van der Waals surface area contributed by atoms with E-state index in [1.165, 1.54) is 11.3 Å². The van der Waals surface area contributed by atoms with E-state index in [-0.39, 0.29) is 13.0 Å². The summed E-state index contributed by atoms with van der Waals surface area (Å²) >= 11 is 1.40. The van der Waals surface area contributed by atoms with E-state index >= 15 is 0 Å². The number of halogens is 1. The highest BCUT2D eigenvalue weighted by Crippen LogP contribution is 2.21. The molecule has 1 rings (SSSR count). The average molecular weight is 280 g/mol. The zero-order valence-corrected chi connectivity index (χ0v) is 11.3. The Bertz CT molecular complexity index is 431. The molecule has 0 aromatic carbocycles. The minimum atomic E-state index is -3.50. The van der Waals surface area contributed by atoms with E-state index < -0.39 is 16.7 Å². The van der Waals surface area contributed by atoms with Crippen LogP contribution in [0.15, 0.2) is 16.3 Å². The van der Waals surface area contributed by atoms with Crippen molar-refractivity contribution in [3.8, 4) is 0 Å². The Balaban J connectivity index is 2.73. The van der Waals surface area contributed by atoms with Crippen LogP contribution in [0.5, 0.6) is 0 Å². The number of hydrogen-bond donors (Lipinski definition) is 2. The van der Waals surface area contributed by atoms with Crippen LogP contribution in [-0.4, -0.2) is 28.2 Å². The third kappa shape index (κ3) is 4.34. The maximum absolute atomic E-state index is 11.9. The minimum absolute atomic E-state index is 0.134. The predicted molar refractivity (Wildman–Crippen MR) is 67.5 cm³/mol. The average Bonchev–Trinajstić information content (AvgIpc) is 2.75. The van der Waals surface area contributed by atoms with Crippen molar-refractivity contribution in [1.29, 1.82) is 0 Å². The molecule has 1 heterocycles. The highest BCUT2D eigenvalue weighted by Gasteiger charge is 2.18. The standard InChI is InChI=1S/C10H17FN2O2S2/c1-2-12-8-9-10(4-7-16-9)17(14,15)13-6-3-5-11/h4,7,12-13H,2-3,5-6,8H2,1H3. The summed E-state index contributed by atoms with van der Waals surface area (Å²) in [5.41, 5.74) is 0. The molecule has 2 N–H and O–H groups in total. The van der Waals surface area contributed by atoms with Gasteiger partial charge in [-0.05, 0) is 24.4 Å². The van der Waals surface area contributed by atoms with Gasteiger partial charge in [-0.3, -0.25) is 4.39 Å². The van der Waals surface area contributed by atoms with Crippen LogP contribution in [0.3, 0.4) is 0 Å². The Morgan fingerprint density at radius 1 is 1.47 bits per heavy atom. The van der Waals surface area contributed by atoms with Crippen LogP contribution < -0.4 is 10.0 Å². The molecule has 0 saturated carbocycles. The van der Waals surface area contributed by atoms with Gasteiger partial charge >= 0.3 is 0 Å². The molecule has 0 radical (unpaired) electrons. The molecule has 4 nitrogen and oxygen atoms in total. The molecule has 0 saturated heterocycles. The Morgan fingerprint density at radius 2 is 2.24 bits per heavy atom. The molecule has 0 bridgehead atoms. The molecule has 1 aromatic heterocycles. The van der Waals surface area contributed by atoms with E-state index in [1.807, 2.05) is 6.92 Å². The first-order valence-corrected chi connectivity index (χ1v) is 7.80. The molecule has 0 aliphatic carbocycles. The van der Waals surface area contributed by atoms with Gasteiger partial charge in [0.25, 0.3) is 0 Å². The molecule has 17 heavy (non-hydrogen) atoms. The lowest BCUT2D eigenvalue weighted by Crippen LogP contribution is -2.26. The molecule has 0 spiro atoms. The van der Waals surface area contributed by atoms with Gasteiger partial charge in [-0.1, -0.05) is 6.92 Å². The van der Waals surface area contributed by atoms with E-state index in [0.29, 0.717) is 11.4 Å². The molecular formula is C10H17FN2O2S2. The van der Waals surface area contributed by atoms with Crippen molar-refractivity contribution in [2.24, 2.45) is 0 Å². The Labute approximate surface area is 105 Å². The van der Waals surface area contributed by atoms with E-state index in [2.05, 4.69) is 10.0 Å². The summed E-state index contributed by atoms with van der Waals surface area (Å²) in [6.45, 7) is 2.90. The summed E-state index contributed by atoms with van der Waals surface area (Å²) in [6.07, 6.45) is 0.200. The van der Waals surface area contributed by atoms with Crippen molar-refractivity contribution < 1.29 is 12.8 Å². The Hall–Kier alpha value is -0.500. The second-order valence-corrected chi connectivity index (χ2v) is 6.16. The SMILES string of the molecule is CCNCc1sccc1S(=O)(=O)NCCCF. The maximum Gasteiger partial charge on any atom is 0.241 e. The van der Waals surface area contributed by atoms with Crippen LogP contribution in [0.2, 0.25) is 0 Å². The molecule has 0 fully saturated rings. The first-order chi connectivity index (χ1) is 8.11. The van der Waals surface area contributed by atoms with Crippen LogP contribution in [0, 0.1) is 0 Å². The van der Waals surface area contributed by atoms with E-state index in [1.54, 1.807) is 11.4 Å². The number of nitrogens with one attached hydrogen (secondary N) is 2. The molecule has 0 unspecified atom stereocenters. The van der Waals surface area contributed by atoms with Crippen LogP contribution >= 0.6 is 11.3 Å². The minimum Gasteiger partial charge on any atom is -0.312 e. The van der Waals surface area contributed by atoms with Crippen LogP contribution in [0.25, 0.3) is 0 Å². The zero-order valence-electron chi connectivity index (χ0n) is 9.70. The summed E-state index contributed by atoms with van der Waals surface area (Å²) in [4.78, 5) is 1.07. The third-order valence-corrected chi connectivity index (χ3v) is 4.73. The predicted octanol–water partition coefficient (Wildman–Crippen LogP) is 1.50. The summed E-state index contributed by atoms with van der Waals surface area (Å²) in [5.74, 6) is 0. The Kier molecular flexibility index (Phi) is 6.04. The molecule has 98 valence electrons. The van der Waals surface area contributed by atoms with Gasteiger partial charge in [0.1, 0.15) is 0 Å². The first-order valence-electron chi connectivity index (χ1n) is 5.44. The van der Waals surface area contributed by atoms with E-state index in [9.17, 15) is 12.8 Å². The molecule has 0 amide bonds. The molecule has 0 atom stereocenters. The molecule has 0 aliphatic rings. The van der Waals surface area contributed by atoms with E-state index in [4.69, 9.17) is 0 Å². The van der Waals surface area contributed by atoms with Crippen LogP contribution in [-0.2, 0) is 16.6 Å². The second-order valence-electron chi connectivity index (χ2n) is 3.43. The van der Waals surface area contributed by atoms with Gasteiger partial charge < -0.3 is 5.32 Å². The molecule has 7 heteroatoms. The van der Waals surface area contributed by atoms with Gasteiger partial charge in [0.2, 0.25) is 10.0 Å². The first kappa shape index (κ1) is 14.6. The fourth-order valence-electron chi connectivity index (χ4n) is 1.29. The summed E-state index contributed by atoms with van der Waals surface area (Å²) in [6, 6.07) is 1.58. The van der Waals surface area contributed by atoms with Gasteiger partial charge in [0.15, 0.2) is 0 Å². The molecular weight excluding hydrogens is 263 g/mol.